The molecule has 0 fully saturated rings. The van der Waals surface area contributed by atoms with Crippen LogP contribution in [0.15, 0.2) is 18.9 Å². The number of aromatic nitrogens is 2. The highest BCUT2D eigenvalue weighted by Crippen LogP contribution is 2.07. The third-order valence-electron chi connectivity index (χ3n) is 1.57. The second-order valence-electron chi connectivity index (χ2n) is 2.57. The van der Waals surface area contributed by atoms with Gasteiger partial charge in [-0.1, -0.05) is 6.58 Å². The zero-order valence-corrected chi connectivity index (χ0v) is 7.40. The number of aryl methyl sites for hydroxylation is 1. The van der Waals surface area contributed by atoms with Gasteiger partial charge in [0.05, 0.1) is 5.69 Å². The molecule has 0 atom stereocenters. The first-order valence-corrected chi connectivity index (χ1v) is 3.79. The van der Waals surface area contributed by atoms with Gasteiger partial charge < -0.3 is 5.73 Å². The second kappa shape index (κ2) is 3.71. The van der Waals surface area contributed by atoms with E-state index in [1.54, 1.807) is 23.2 Å². The van der Waals surface area contributed by atoms with Gasteiger partial charge in [0, 0.05) is 24.0 Å². The number of nitrogens with zero attached hydrogens (tertiary/aromatic N) is 2. The third kappa shape index (κ3) is 2.30. The molecular weight excluding hydrogens is 166 g/mol. The van der Waals surface area contributed by atoms with Gasteiger partial charge in [0.15, 0.2) is 0 Å². The second-order valence-corrected chi connectivity index (χ2v) is 2.57. The summed E-state index contributed by atoms with van der Waals surface area (Å²) in [5.41, 5.74) is 6.65. The van der Waals surface area contributed by atoms with Crippen molar-refractivity contribution in [3.8, 4) is 0 Å². The lowest BCUT2D eigenvalue weighted by Crippen LogP contribution is -2.05. The van der Waals surface area contributed by atoms with E-state index in [1.807, 2.05) is 6.92 Å². The van der Waals surface area contributed by atoms with Crippen LogP contribution in [0.25, 0.3) is 12.3 Å². The van der Waals surface area contributed by atoms with E-state index in [9.17, 15) is 4.79 Å². The number of nitrogens with two attached hydrogens (primary N) is 1. The van der Waals surface area contributed by atoms with Gasteiger partial charge >= 0.3 is 0 Å². The molecule has 68 valence electrons. The molecule has 0 aromatic carbocycles. The summed E-state index contributed by atoms with van der Waals surface area (Å²) in [5.74, 6) is -0.467. The summed E-state index contributed by atoms with van der Waals surface area (Å²) in [7, 11) is 0. The first kappa shape index (κ1) is 9.25. The topological polar surface area (TPSA) is 60.9 Å². The van der Waals surface area contributed by atoms with Crippen LogP contribution in [-0.4, -0.2) is 15.7 Å². The van der Waals surface area contributed by atoms with E-state index >= 15 is 0 Å². The van der Waals surface area contributed by atoms with E-state index in [-0.39, 0.29) is 0 Å². The highest BCUT2D eigenvalue weighted by atomic mass is 16.1. The standard InChI is InChI=1S/C9H11N3O/c1-3-12-6-8(7(2)11-12)4-5-9(10)13/h3-6H,1H2,2H3,(H2,10,13)/b5-4-. The Bertz CT molecular complexity index is 363. The summed E-state index contributed by atoms with van der Waals surface area (Å²) in [6, 6.07) is 0. The summed E-state index contributed by atoms with van der Waals surface area (Å²) < 4.78 is 1.58. The number of carbonyl (C=O) groups is 1. The number of rotatable bonds is 3. The van der Waals surface area contributed by atoms with Gasteiger partial charge in [-0.3, -0.25) is 4.79 Å². The van der Waals surface area contributed by atoms with E-state index in [0.717, 1.165) is 11.3 Å². The van der Waals surface area contributed by atoms with Crippen molar-refractivity contribution in [2.45, 2.75) is 6.92 Å². The Morgan fingerprint density at radius 3 is 2.92 bits per heavy atom. The summed E-state index contributed by atoms with van der Waals surface area (Å²) in [4.78, 5) is 10.4. The molecule has 0 radical (unpaired) electrons. The van der Waals surface area contributed by atoms with Crippen LogP contribution in [0.2, 0.25) is 0 Å². The molecule has 4 heteroatoms. The fraction of sp³-hybridized carbons (Fsp3) is 0.111. The molecule has 0 aliphatic carbocycles. The quantitative estimate of drug-likeness (QED) is 0.694. The Labute approximate surface area is 76.4 Å². The zero-order chi connectivity index (χ0) is 9.84. The lowest BCUT2D eigenvalue weighted by Gasteiger charge is -1.84. The molecule has 1 aromatic heterocycles. The number of primary amides is 1. The van der Waals surface area contributed by atoms with Crippen molar-refractivity contribution < 1.29 is 4.79 Å². The van der Waals surface area contributed by atoms with Crippen molar-refractivity contribution in [1.29, 1.82) is 0 Å². The maximum Gasteiger partial charge on any atom is 0.241 e. The molecule has 0 bridgehead atoms. The van der Waals surface area contributed by atoms with Gasteiger partial charge in [0.25, 0.3) is 0 Å². The first-order valence-electron chi connectivity index (χ1n) is 3.79. The fourth-order valence-corrected chi connectivity index (χ4v) is 0.925. The normalized spacial score (nSPS) is 10.5. The Balaban J connectivity index is 2.94. The van der Waals surface area contributed by atoms with E-state index in [1.165, 1.54) is 6.08 Å². The van der Waals surface area contributed by atoms with Gasteiger partial charge in [0.1, 0.15) is 0 Å². The molecule has 0 unspecified atom stereocenters. The minimum absolute atomic E-state index is 0.467. The number of hydrogen-bond acceptors (Lipinski definition) is 2. The number of amides is 1. The van der Waals surface area contributed by atoms with Gasteiger partial charge in [-0.25, -0.2) is 4.68 Å². The predicted molar refractivity (Wildman–Crippen MR) is 51.6 cm³/mol. The molecule has 1 aromatic rings. The van der Waals surface area contributed by atoms with Crippen LogP contribution in [0.4, 0.5) is 0 Å². The van der Waals surface area contributed by atoms with Gasteiger partial charge in [-0.2, -0.15) is 5.10 Å². The monoisotopic (exact) mass is 177 g/mol. The van der Waals surface area contributed by atoms with Crippen LogP contribution in [0.1, 0.15) is 11.3 Å². The van der Waals surface area contributed by atoms with Gasteiger partial charge in [-0.05, 0) is 13.0 Å². The number of carbonyl (C=O) groups excluding carboxylic acids is 1. The molecule has 1 rings (SSSR count). The van der Waals surface area contributed by atoms with E-state index in [4.69, 9.17) is 5.73 Å². The van der Waals surface area contributed by atoms with Crippen molar-refractivity contribution in [3.63, 3.8) is 0 Å². The summed E-state index contributed by atoms with van der Waals surface area (Å²) >= 11 is 0. The van der Waals surface area contributed by atoms with E-state index in [0.29, 0.717) is 0 Å². The molecule has 0 saturated heterocycles. The molecule has 0 spiro atoms. The maximum absolute atomic E-state index is 10.4. The molecule has 0 aliphatic heterocycles. The molecule has 0 saturated carbocycles. The van der Waals surface area contributed by atoms with Crippen LogP contribution in [0.5, 0.6) is 0 Å². The van der Waals surface area contributed by atoms with Crippen molar-refractivity contribution in [2.24, 2.45) is 5.73 Å². The van der Waals surface area contributed by atoms with Crippen molar-refractivity contribution in [1.82, 2.24) is 9.78 Å². The van der Waals surface area contributed by atoms with Crippen molar-refractivity contribution in [3.05, 3.63) is 30.1 Å². The Kier molecular flexibility index (Phi) is 2.64. The predicted octanol–water partition coefficient (Wildman–Crippen LogP) is 0.791. The zero-order valence-electron chi connectivity index (χ0n) is 7.40. The minimum atomic E-state index is -0.467. The van der Waals surface area contributed by atoms with Crippen LogP contribution >= 0.6 is 0 Å². The molecule has 4 nitrogen and oxygen atoms in total. The lowest BCUT2D eigenvalue weighted by atomic mass is 10.2. The molecule has 1 heterocycles. The Morgan fingerprint density at radius 2 is 2.46 bits per heavy atom. The van der Waals surface area contributed by atoms with Gasteiger partial charge in [0.2, 0.25) is 5.91 Å². The maximum atomic E-state index is 10.4. The average molecular weight is 177 g/mol. The highest BCUT2D eigenvalue weighted by Gasteiger charge is 1.98. The smallest absolute Gasteiger partial charge is 0.241 e. The lowest BCUT2D eigenvalue weighted by molar-refractivity contribution is -0.113. The highest BCUT2D eigenvalue weighted by molar-refractivity contribution is 5.90. The SMILES string of the molecule is C=Cn1cc(/C=C\C(N)=O)c(C)n1. The van der Waals surface area contributed by atoms with Crippen LogP contribution in [-0.2, 0) is 4.79 Å². The fourth-order valence-electron chi connectivity index (χ4n) is 0.925. The molecule has 1 amide bonds. The third-order valence-corrected chi connectivity index (χ3v) is 1.57. The van der Waals surface area contributed by atoms with E-state index in [2.05, 4.69) is 11.7 Å². The Hall–Kier alpha value is -1.84. The van der Waals surface area contributed by atoms with Crippen LogP contribution in [0, 0.1) is 6.92 Å². The molecular formula is C9H11N3O. The molecule has 2 N–H and O–H groups in total. The van der Waals surface area contributed by atoms with Crippen molar-refractivity contribution >= 4 is 18.2 Å². The van der Waals surface area contributed by atoms with Crippen LogP contribution in [0.3, 0.4) is 0 Å². The van der Waals surface area contributed by atoms with Crippen LogP contribution < -0.4 is 5.73 Å². The van der Waals surface area contributed by atoms with Crippen molar-refractivity contribution in [2.75, 3.05) is 0 Å². The average Bonchev–Trinajstić information content (AvgIpc) is 2.43. The molecule has 13 heavy (non-hydrogen) atoms. The minimum Gasteiger partial charge on any atom is -0.366 e. The number of hydrogen-bond donors (Lipinski definition) is 1. The summed E-state index contributed by atoms with van der Waals surface area (Å²) in [6.07, 6.45) is 6.28. The van der Waals surface area contributed by atoms with Gasteiger partial charge in [-0.15, -0.1) is 0 Å². The largest absolute Gasteiger partial charge is 0.366 e. The summed E-state index contributed by atoms with van der Waals surface area (Å²) in [6.45, 7) is 5.41. The Morgan fingerprint density at radius 1 is 1.77 bits per heavy atom. The summed E-state index contributed by atoms with van der Waals surface area (Å²) in [5, 5.41) is 4.10. The van der Waals surface area contributed by atoms with E-state index < -0.39 is 5.91 Å². The molecule has 0 aliphatic rings. The first-order chi connectivity index (χ1) is 6.13.